The molecule has 0 bridgehead atoms. The predicted molar refractivity (Wildman–Crippen MR) is 315 cm³/mol. The maximum absolute atomic E-state index is 6.01. The van der Waals surface area contributed by atoms with Crippen LogP contribution in [0, 0.1) is 33.1 Å². The van der Waals surface area contributed by atoms with Crippen LogP contribution in [-0.4, -0.2) is 7.28 Å². The van der Waals surface area contributed by atoms with Crippen LogP contribution in [0.4, 0.5) is 28.4 Å². The molecule has 4 aliphatic rings. The minimum atomic E-state index is 0.0335. The Balaban J connectivity index is 1.22. The zero-order valence-corrected chi connectivity index (χ0v) is 45.5. The Morgan fingerprint density at radius 1 is 0.575 bits per heavy atom. The lowest BCUT2D eigenvalue weighted by atomic mass is 9.57. The number of benzene rings is 7. The van der Waals surface area contributed by atoms with Gasteiger partial charge >= 0.3 is 0 Å². The number of terminal acetylenes is 1. The number of hydrogen-bond acceptors (Lipinski definition) is 2. The molecule has 365 valence electrons. The monoisotopic (exact) mass is 952 g/mol. The van der Waals surface area contributed by atoms with Gasteiger partial charge in [-0.05, 0) is 231 Å². The predicted octanol–water partition coefficient (Wildman–Crippen LogP) is 16.9. The van der Waals surface area contributed by atoms with Gasteiger partial charge in [0, 0.05) is 34.0 Å². The summed E-state index contributed by atoms with van der Waals surface area (Å²) in [5, 5.41) is 4.16. The van der Waals surface area contributed by atoms with Crippen LogP contribution >= 0.6 is 0 Å². The molecule has 3 aliphatic carbocycles. The highest BCUT2D eigenvalue weighted by atomic mass is 15.2. The summed E-state index contributed by atoms with van der Waals surface area (Å²) in [6.45, 7) is 28.6. The lowest BCUT2D eigenvalue weighted by Crippen LogP contribution is -2.42. The van der Waals surface area contributed by atoms with Gasteiger partial charge in [-0.25, -0.2) is 0 Å². The zero-order valence-electron chi connectivity index (χ0n) is 45.5. The van der Waals surface area contributed by atoms with Crippen molar-refractivity contribution in [3.05, 3.63) is 200 Å². The summed E-state index contributed by atoms with van der Waals surface area (Å²) >= 11 is 0. The summed E-state index contributed by atoms with van der Waals surface area (Å²) in [4.78, 5) is 2.62. The van der Waals surface area contributed by atoms with Gasteiger partial charge in [0.25, 0.3) is 0 Å². The van der Waals surface area contributed by atoms with Crippen molar-refractivity contribution in [2.24, 2.45) is 0 Å². The van der Waals surface area contributed by atoms with Crippen molar-refractivity contribution in [2.45, 2.75) is 143 Å². The Labute approximate surface area is 438 Å². The molecular weight excluding hydrogens is 880 g/mol. The van der Waals surface area contributed by atoms with E-state index >= 15 is 0 Å². The summed E-state index contributed by atoms with van der Waals surface area (Å²) in [6.07, 6.45) is 16.4. The molecule has 0 atom stereocenters. The highest BCUT2D eigenvalue weighted by Gasteiger charge is 2.41. The number of anilines is 5. The molecule has 11 rings (SSSR count). The maximum Gasteiger partial charge on any atom is 0.197 e. The third-order valence-corrected chi connectivity index (χ3v) is 17.8. The molecule has 0 fully saturated rings. The second kappa shape index (κ2) is 17.7. The van der Waals surface area contributed by atoms with E-state index in [1.54, 1.807) is 0 Å². The Morgan fingerprint density at radius 3 is 1.93 bits per heavy atom. The molecule has 0 unspecified atom stereocenters. The van der Waals surface area contributed by atoms with Crippen molar-refractivity contribution in [1.82, 2.24) is 0 Å². The average Bonchev–Trinajstić information content (AvgIpc) is 3.68. The van der Waals surface area contributed by atoms with Gasteiger partial charge in [-0.3, -0.25) is 0 Å². The first kappa shape index (κ1) is 48.5. The van der Waals surface area contributed by atoms with Crippen LogP contribution in [-0.2, 0) is 34.5 Å². The fraction of sp³-hybridized carbons (Fsp3) is 0.314. The van der Waals surface area contributed by atoms with E-state index in [2.05, 4.69) is 234 Å². The van der Waals surface area contributed by atoms with Crippen molar-refractivity contribution in [2.75, 3.05) is 10.2 Å². The molecule has 1 heterocycles. The van der Waals surface area contributed by atoms with E-state index in [1.165, 1.54) is 135 Å². The van der Waals surface area contributed by atoms with Crippen LogP contribution in [0.2, 0.25) is 0 Å². The molecule has 1 N–H and O–H groups in total. The Kier molecular flexibility index (Phi) is 11.8. The summed E-state index contributed by atoms with van der Waals surface area (Å²) in [5.74, 6) is 2.84. The molecule has 0 spiro atoms. The minimum absolute atomic E-state index is 0.0335. The second-order valence-corrected chi connectivity index (χ2v) is 24.7. The topological polar surface area (TPSA) is 15.3 Å². The normalized spacial score (nSPS) is 17.5. The fourth-order valence-electron chi connectivity index (χ4n) is 13.0. The smallest absolute Gasteiger partial charge is 0.197 e. The first-order valence-corrected chi connectivity index (χ1v) is 26.9. The summed E-state index contributed by atoms with van der Waals surface area (Å²) < 4.78 is 0. The largest absolute Gasteiger partial charge is 0.355 e. The van der Waals surface area contributed by atoms with E-state index in [0.717, 1.165) is 37.1 Å². The molecule has 0 amide bonds. The summed E-state index contributed by atoms with van der Waals surface area (Å²) in [7, 11) is 2.52. The Hall–Kier alpha value is -6.76. The SMILES string of the molecule is C#C/C=C\C1=C(C)Cc2c1cc1c(c2-c2cc(Cc3ccccc3C)c(C)cc2Nc2ccc3c(c2)C(C)(C)CCC3(C)C)[B]c2cc(-c3ccccc3)ccc2N1c1cc2c(cc1C)C(C)(C)CCC2(C)C. The molecule has 3 heteroatoms. The highest BCUT2D eigenvalue weighted by Crippen LogP contribution is 2.53. The number of fused-ring (bicyclic) bond motifs is 5. The van der Waals surface area contributed by atoms with Crippen molar-refractivity contribution >= 4 is 52.2 Å². The lowest BCUT2D eigenvalue weighted by Gasteiger charge is -2.44. The average molecular weight is 952 g/mol. The summed E-state index contributed by atoms with van der Waals surface area (Å²) in [6, 6.07) is 46.7. The minimum Gasteiger partial charge on any atom is -0.355 e. The maximum atomic E-state index is 6.01. The molecular formula is C70H72BN2. The van der Waals surface area contributed by atoms with Crippen LogP contribution in [0.3, 0.4) is 0 Å². The third-order valence-electron chi connectivity index (χ3n) is 17.8. The van der Waals surface area contributed by atoms with E-state index < -0.39 is 0 Å². The van der Waals surface area contributed by atoms with Gasteiger partial charge in [-0.15, -0.1) is 6.42 Å². The number of aryl methyl sites for hydroxylation is 3. The molecule has 0 saturated heterocycles. The van der Waals surface area contributed by atoms with E-state index in [0.29, 0.717) is 0 Å². The first-order chi connectivity index (χ1) is 34.7. The zero-order chi connectivity index (χ0) is 51.4. The molecule has 0 saturated carbocycles. The van der Waals surface area contributed by atoms with Crippen LogP contribution in [0.15, 0.2) is 139 Å². The van der Waals surface area contributed by atoms with Gasteiger partial charge in [0.2, 0.25) is 0 Å². The number of nitrogens with one attached hydrogen (secondary N) is 1. The molecule has 0 aromatic heterocycles. The molecule has 7 aromatic carbocycles. The molecule has 2 nitrogen and oxygen atoms in total. The molecule has 1 aliphatic heterocycles. The number of rotatable bonds is 8. The number of hydrogen-bond donors (Lipinski definition) is 1. The van der Waals surface area contributed by atoms with Crippen molar-refractivity contribution < 1.29 is 0 Å². The first-order valence-electron chi connectivity index (χ1n) is 26.9. The summed E-state index contributed by atoms with van der Waals surface area (Å²) in [5.41, 5.74) is 31.1. The van der Waals surface area contributed by atoms with Gasteiger partial charge in [0.15, 0.2) is 7.28 Å². The van der Waals surface area contributed by atoms with Crippen LogP contribution < -0.4 is 21.1 Å². The highest BCUT2D eigenvalue weighted by molar-refractivity contribution is 6.73. The van der Waals surface area contributed by atoms with E-state index in [-0.39, 0.29) is 21.7 Å². The quantitative estimate of drug-likeness (QED) is 0.121. The van der Waals surface area contributed by atoms with Crippen LogP contribution in [0.1, 0.15) is 149 Å². The van der Waals surface area contributed by atoms with Crippen molar-refractivity contribution in [1.29, 1.82) is 0 Å². The second-order valence-electron chi connectivity index (χ2n) is 24.7. The number of allylic oxidation sites excluding steroid dienone is 4. The van der Waals surface area contributed by atoms with Gasteiger partial charge in [0.05, 0.1) is 0 Å². The Bertz CT molecular complexity index is 3510. The van der Waals surface area contributed by atoms with Crippen LogP contribution in [0.25, 0.3) is 27.8 Å². The van der Waals surface area contributed by atoms with Gasteiger partial charge in [0.1, 0.15) is 0 Å². The van der Waals surface area contributed by atoms with E-state index in [4.69, 9.17) is 6.42 Å². The van der Waals surface area contributed by atoms with Crippen molar-refractivity contribution in [3.63, 3.8) is 0 Å². The van der Waals surface area contributed by atoms with E-state index in [1.807, 2.05) is 6.08 Å². The lowest BCUT2D eigenvalue weighted by molar-refractivity contribution is 0.332. The molecule has 7 aromatic rings. The molecule has 1 radical (unpaired) electrons. The standard InChI is InChI=1S/C70H72BN2/c1-14-15-25-52-45(4)34-54-53(52)41-64-66(71-60-39-49(47-22-17-16-18-23-47)26-29-62(60)73(64)63-42-59-57(35-46(63)5)68(8,9)32-33-70(59,12)13)65(54)55-38-50(37-48-24-20-19-21-43(48)2)44(3)36-61(55)72-51-27-28-56-58(40-51)69(10,11)31-30-67(56,6)7/h1,15-29,35-36,38-42,72H,30-34,37H2,2-13H3/b25-15-. The van der Waals surface area contributed by atoms with Gasteiger partial charge < -0.3 is 10.2 Å². The number of nitrogens with zero attached hydrogens (tertiary/aromatic N) is 1. The van der Waals surface area contributed by atoms with E-state index in [9.17, 15) is 0 Å². The van der Waals surface area contributed by atoms with Gasteiger partial charge in [-0.2, -0.15) is 0 Å². The molecule has 73 heavy (non-hydrogen) atoms. The van der Waals surface area contributed by atoms with Crippen LogP contribution in [0.5, 0.6) is 0 Å². The Morgan fingerprint density at radius 2 is 1.23 bits per heavy atom. The fourth-order valence-corrected chi connectivity index (χ4v) is 13.0. The third kappa shape index (κ3) is 8.40. The van der Waals surface area contributed by atoms with Crippen molar-refractivity contribution in [3.8, 4) is 34.6 Å². The van der Waals surface area contributed by atoms with Gasteiger partial charge in [-0.1, -0.05) is 151 Å².